The van der Waals surface area contributed by atoms with Crippen LogP contribution in [0.3, 0.4) is 0 Å². The van der Waals surface area contributed by atoms with E-state index >= 15 is 0 Å². The van der Waals surface area contributed by atoms with Gasteiger partial charge in [0.25, 0.3) is 0 Å². The third-order valence-corrected chi connectivity index (χ3v) is 7.40. The van der Waals surface area contributed by atoms with E-state index in [0.717, 1.165) is 6.92 Å². The second-order valence-corrected chi connectivity index (χ2v) is 10.3. The molecule has 3 aliphatic heterocycles. The van der Waals surface area contributed by atoms with Gasteiger partial charge in [0, 0.05) is 13.0 Å². The molecule has 2 fully saturated rings. The van der Waals surface area contributed by atoms with Crippen molar-refractivity contribution in [2.24, 2.45) is 0 Å². The van der Waals surface area contributed by atoms with E-state index in [9.17, 15) is 40.2 Å². The molecule has 5 rings (SSSR count). The summed E-state index contributed by atoms with van der Waals surface area (Å²) in [5.41, 5.74) is -0.704. The van der Waals surface area contributed by atoms with Gasteiger partial charge in [-0.05, 0) is 29.8 Å². The molecule has 0 amide bonds. The number of carbonyl (C=O) groups is 2. The molecular weight excluding hydrogens is 560 g/mol. The van der Waals surface area contributed by atoms with E-state index in [1.54, 1.807) is 24.3 Å². The number of ether oxygens (including phenoxy) is 6. The van der Waals surface area contributed by atoms with Gasteiger partial charge < -0.3 is 59.1 Å². The summed E-state index contributed by atoms with van der Waals surface area (Å²) in [6.07, 6.45) is -10.5. The molecule has 0 spiro atoms. The fraction of sp³-hybridized carbons (Fsp3) is 0.500. The highest BCUT2D eigenvalue weighted by Crippen LogP contribution is 2.39. The molecule has 0 radical (unpaired) electrons. The maximum absolute atomic E-state index is 12.9. The van der Waals surface area contributed by atoms with E-state index in [1.807, 2.05) is 0 Å². The van der Waals surface area contributed by atoms with E-state index in [4.69, 9.17) is 28.4 Å². The van der Waals surface area contributed by atoms with Crippen LogP contribution in [-0.2, 0) is 19.0 Å². The minimum Gasteiger partial charge on any atom is -0.484 e. The molecule has 3 aliphatic rings. The first kappa shape index (κ1) is 30.1. The van der Waals surface area contributed by atoms with Crippen molar-refractivity contribution in [1.29, 1.82) is 0 Å². The Morgan fingerprint density at radius 1 is 0.952 bits per heavy atom. The van der Waals surface area contributed by atoms with Gasteiger partial charge in [0.2, 0.25) is 12.6 Å². The third kappa shape index (κ3) is 5.80. The molecule has 14 nitrogen and oxygen atoms in total. The third-order valence-electron chi connectivity index (χ3n) is 7.40. The highest BCUT2D eigenvalue weighted by atomic mass is 16.7. The molecule has 3 heterocycles. The zero-order valence-corrected chi connectivity index (χ0v) is 22.4. The van der Waals surface area contributed by atoms with Crippen molar-refractivity contribution in [3.63, 3.8) is 0 Å². The number of fused-ring (bicyclic) bond motifs is 1. The number of aliphatic hydroxyl groups is 6. The molecular formula is C28H32O14. The molecule has 0 aliphatic carbocycles. The summed E-state index contributed by atoms with van der Waals surface area (Å²) >= 11 is 0. The minimum absolute atomic E-state index is 0.0476. The fourth-order valence-corrected chi connectivity index (χ4v) is 5.05. The Morgan fingerprint density at radius 3 is 2.31 bits per heavy atom. The summed E-state index contributed by atoms with van der Waals surface area (Å²) in [6, 6.07) is 10.9. The first-order valence-corrected chi connectivity index (χ1v) is 13.2. The number of carbonyl (C=O) groups excluding carboxylic acids is 2. The summed E-state index contributed by atoms with van der Waals surface area (Å²) in [6.45, 7) is -0.402. The largest absolute Gasteiger partial charge is 0.484 e. The van der Waals surface area contributed by atoms with Crippen molar-refractivity contribution < 1.29 is 68.6 Å². The van der Waals surface area contributed by atoms with Crippen molar-refractivity contribution in [2.75, 3.05) is 19.8 Å². The zero-order chi connectivity index (χ0) is 30.2. The number of aliphatic hydroxyl groups excluding tert-OH is 6. The van der Waals surface area contributed by atoms with Gasteiger partial charge in [-0.3, -0.25) is 9.59 Å². The molecule has 2 aromatic rings. The smallest absolute Gasteiger partial charge is 0.303 e. The molecule has 228 valence electrons. The molecule has 42 heavy (non-hydrogen) atoms. The van der Waals surface area contributed by atoms with E-state index in [-0.39, 0.29) is 36.1 Å². The second-order valence-electron chi connectivity index (χ2n) is 10.3. The molecule has 2 saturated heterocycles. The van der Waals surface area contributed by atoms with Crippen LogP contribution in [0.4, 0.5) is 0 Å². The maximum Gasteiger partial charge on any atom is 0.303 e. The lowest BCUT2D eigenvalue weighted by molar-refractivity contribution is -0.277. The Kier molecular flexibility index (Phi) is 8.68. The first-order chi connectivity index (χ1) is 20.0. The predicted octanol–water partition coefficient (Wildman–Crippen LogP) is -1.04. The Balaban J connectivity index is 1.25. The molecule has 0 unspecified atom stereocenters. The van der Waals surface area contributed by atoms with Crippen molar-refractivity contribution in [1.82, 2.24) is 0 Å². The van der Waals surface area contributed by atoms with E-state index in [2.05, 4.69) is 0 Å². The van der Waals surface area contributed by atoms with Crippen LogP contribution in [0.5, 0.6) is 17.2 Å². The molecule has 2 aromatic carbocycles. The summed E-state index contributed by atoms with van der Waals surface area (Å²) < 4.78 is 33.3. The second kappa shape index (κ2) is 12.1. The molecule has 0 saturated carbocycles. The predicted molar refractivity (Wildman–Crippen MR) is 138 cm³/mol. The Bertz CT molecular complexity index is 1280. The molecule has 0 bridgehead atoms. The standard InChI is InChI=1S/C28H32O14/c1-13(31)42-28(11-30)12-37-27(25(28)36)39-16-6-7-17-18(32)9-19(40-20(17)8-16)14-2-4-15(5-3-14)38-26-24(35)23(34)22(33)21(10-29)41-26/h2-8,19,21-27,29-30,33-36H,9-12H2,1H3/t19-,21-,22-,23+,24-,25+,26+,27+,28+/m1/s1. The number of esters is 1. The Hall–Kier alpha value is -3.34. The van der Waals surface area contributed by atoms with Gasteiger partial charge in [-0.25, -0.2) is 0 Å². The molecule has 9 atom stereocenters. The number of Topliss-reactive ketones (excluding diaryl/α,β-unsaturated/α-hetero) is 1. The van der Waals surface area contributed by atoms with E-state index < -0.39 is 74.0 Å². The first-order valence-electron chi connectivity index (χ1n) is 13.2. The molecule has 14 heteroatoms. The lowest BCUT2D eigenvalue weighted by Crippen LogP contribution is -2.60. The van der Waals surface area contributed by atoms with Gasteiger partial charge in [0.15, 0.2) is 17.5 Å². The van der Waals surface area contributed by atoms with Crippen LogP contribution < -0.4 is 14.2 Å². The fourth-order valence-electron chi connectivity index (χ4n) is 5.05. The quantitative estimate of drug-likeness (QED) is 0.202. The minimum atomic E-state index is -1.67. The van der Waals surface area contributed by atoms with Crippen LogP contribution in [-0.4, -0.2) is 111 Å². The van der Waals surface area contributed by atoms with Gasteiger partial charge in [0.1, 0.15) is 47.8 Å². The summed E-state index contributed by atoms with van der Waals surface area (Å²) in [5.74, 6) is -0.195. The number of hydrogen-bond acceptors (Lipinski definition) is 14. The number of hydrogen-bond donors (Lipinski definition) is 6. The van der Waals surface area contributed by atoms with Gasteiger partial charge in [-0.2, -0.15) is 0 Å². The Morgan fingerprint density at radius 2 is 1.64 bits per heavy atom. The molecule has 0 aromatic heterocycles. The van der Waals surface area contributed by atoms with Crippen LogP contribution in [0, 0.1) is 0 Å². The highest BCUT2D eigenvalue weighted by Gasteiger charge is 2.53. The van der Waals surface area contributed by atoms with Crippen molar-refractivity contribution in [3.05, 3.63) is 53.6 Å². The van der Waals surface area contributed by atoms with Crippen molar-refractivity contribution in [3.8, 4) is 17.2 Å². The summed E-state index contributed by atoms with van der Waals surface area (Å²) in [7, 11) is 0. The lowest BCUT2D eigenvalue weighted by Gasteiger charge is -2.39. The van der Waals surface area contributed by atoms with E-state index in [0.29, 0.717) is 11.1 Å². The van der Waals surface area contributed by atoms with Crippen LogP contribution >= 0.6 is 0 Å². The zero-order valence-electron chi connectivity index (χ0n) is 22.4. The molecule has 6 N–H and O–H groups in total. The topological polar surface area (TPSA) is 211 Å². The SMILES string of the molecule is CC(=O)O[C@@]1(CO)CO[C@@H](Oc2ccc3c(c2)O[C@@H](c2ccc(O[C@H]4O[C@H](CO)[C@@H](O)[C@H](O)[C@H]4O)cc2)CC3=O)[C@@H]1O. The van der Waals surface area contributed by atoms with Crippen molar-refractivity contribution in [2.45, 2.75) is 68.1 Å². The van der Waals surface area contributed by atoms with E-state index in [1.165, 1.54) is 18.2 Å². The summed E-state index contributed by atoms with van der Waals surface area (Å²) in [4.78, 5) is 24.3. The van der Waals surface area contributed by atoms with Crippen molar-refractivity contribution >= 4 is 11.8 Å². The lowest BCUT2D eigenvalue weighted by atomic mass is 9.96. The van der Waals surface area contributed by atoms with Gasteiger partial charge in [0.05, 0.1) is 31.8 Å². The number of benzene rings is 2. The van der Waals surface area contributed by atoms with Crippen LogP contribution in [0.25, 0.3) is 0 Å². The summed E-state index contributed by atoms with van der Waals surface area (Å²) in [5, 5.41) is 59.8. The van der Waals surface area contributed by atoms with Crippen LogP contribution in [0.2, 0.25) is 0 Å². The average molecular weight is 593 g/mol. The maximum atomic E-state index is 12.9. The van der Waals surface area contributed by atoms with Gasteiger partial charge in [-0.15, -0.1) is 0 Å². The number of ketones is 1. The monoisotopic (exact) mass is 592 g/mol. The normalized spacial score (nSPS) is 34.3. The van der Waals surface area contributed by atoms with Gasteiger partial charge in [-0.1, -0.05) is 12.1 Å². The van der Waals surface area contributed by atoms with Crippen LogP contribution in [0.15, 0.2) is 42.5 Å². The average Bonchev–Trinajstić information content (AvgIpc) is 3.27. The highest BCUT2D eigenvalue weighted by molar-refractivity contribution is 6.00. The number of rotatable bonds is 8. The Labute approximate surface area is 239 Å². The van der Waals surface area contributed by atoms with Crippen LogP contribution in [0.1, 0.15) is 35.4 Å². The van der Waals surface area contributed by atoms with Gasteiger partial charge >= 0.3 is 5.97 Å².